The summed E-state index contributed by atoms with van der Waals surface area (Å²) in [5, 5.41) is 0. The van der Waals surface area contributed by atoms with Gasteiger partial charge in [0, 0.05) is 17.3 Å². The highest BCUT2D eigenvalue weighted by Crippen LogP contribution is 2.23. The Morgan fingerprint density at radius 1 is 0.696 bits per heavy atom. The Morgan fingerprint density at radius 2 is 1.39 bits per heavy atom. The second-order valence-electron chi connectivity index (χ2n) is 5.22. The monoisotopic (exact) mass is 294 g/mol. The van der Waals surface area contributed by atoms with Crippen LogP contribution in [0.3, 0.4) is 0 Å². The van der Waals surface area contributed by atoms with Crippen LogP contribution in [0.5, 0.6) is 0 Å². The van der Waals surface area contributed by atoms with Gasteiger partial charge in [0.2, 0.25) is 0 Å². The Morgan fingerprint density at radius 3 is 2.17 bits per heavy atom. The molecule has 4 aromatic rings. The molecule has 0 unspecified atom stereocenters. The number of fused-ring (bicyclic) bond motifs is 1. The van der Waals surface area contributed by atoms with Gasteiger partial charge in [0.05, 0.1) is 0 Å². The first-order valence-corrected chi connectivity index (χ1v) is 7.51. The number of nitrogens with zero attached hydrogens (tertiary/aromatic N) is 2. The molecule has 23 heavy (non-hydrogen) atoms. The zero-order valence-corrected chi connectivity index (χ0v) is 12.5. The Balaban J connectivity index is 1.92. The molecule has 2 aromatic carbocycles. The highest BCUT2D eigenvalue weighted by Gasteiger charge is 2.11. The van der Waals surface area contributed by atoms with Crippen molar-refractivity contribution < 1.29 is 0 Å². The number of benzene rings is 2. The normalized spacial score (nSPS) is 10.3. The van der Waals surface area contributed by atoms with E-state index < -0.39 is 0 Å². The molecule has 2 heteroatoms. The Labute approximate surface area is 135 Å². The van der Waals surface area contributed by atoms with Gasteiger partial charge in [-0.05, 0) is 30.2 Å². The topological polar surface area (TPSA) is 17.3 Å². The molecule has 2 heterocycles. The lowest BCUT2D eigenvalue weighted by molar-refractivity contribution is 1.16. The summed E-state index contributed by atoms with van der Waals surface area (Å²) >= 11 is 0. The molecule has 0 atom stereocenters. The van der Waals surface area contributed by atoms with Gasteiger partial charge in [0.15, 0.2) is 0 Å². The van der Waals surface area contributed by atoms with Crippen LogP contribution in [0.4, 0.5) is 0 Å². The van der Waals surface area contributed by atoms with Gasteiger partial charge < -0.3 is 0 Å². The summed E-state index contributed by atoms with van der Waals surface area (Å²) in [6.07, 6.45) is 2.00. The van der Waals surface area contributed by atoms with E-state index in [0.717, 1.165) is 28.2 Å². The predicted molar refractivity (Wildman–Crippen MR) is 93.1 cm³/mol. The van der Waals surface area contributed by atoms with E-state index in [0.29, 0.717) is 0 Å². The third kappa shape index (κ3) is 2.61. The maximum absolute atomic E-state index is 4.76. The fourth-order valence-corrected chi connectivity index (χ4v) is 2.57. The van der Waals surface area contributed by atoms with Crippen LogP contribution in [0, 0.1) is 11.8 Å². The third-order valence-corrected chi connectivity index (χ3v) is 3.68. The van der Waals surface area contributed by atoms with E-state index in [9.17, 15) is 0 Å². The van der Waals surface area contributed by atoms with Gasteiger partial charge in [-0.2, -0.15) is 0 Å². The molecule has 0 fully saturated rings. The quantitative estimate of drug-likeness (QED) is 0.476. The largest absolute Gasteiger partial charge is 0.292 e. The molecule has 0 aliphatic rings. The van der Waals surface area contributed by atoms with Crippen molar-refractivity contribution >= 4 is 5.65 Å². The summed E-state index contributed by atoms with van der Waals surface area (Å²) < 4.78 is 2.04. The fourth-order valence-electron chi connectivity index (χ4n) is 2.57. The minimum absolute atomic E-state index is 0.906. The molecule has 0 spiro atoms. The summed E-state index contributed by atoms with van der Waals surface area (Å²) in [6, 6.07) is 26.2. The van der Waals surface area contributed by atoms with Gasteiger partial charge in [-0.1, -0.05) is 60.5 Å². The zero-order valence-electron chi connectivity index (χ0n) is 12.5. The van der Waals surface area contributed by atoms with Crippen molar-refractivity contribution in [2.75, 3.05) is 0 Å². The van der Waals surface area contributed by atoms with Crippen molar-refractivity contribution in [2.45, 2.75) is 0 Å². The van der Waals surface area contributed by atoms with E-state index in [-0.39, 0.29) is 0 Å². The van der Waals surface area contributed by atoms with E-state index in [4.69, 9.17) is 4.98 Å². The first-order chi connectivity index (χ1) is 11.4. The second kappa shape index (κ2) is 5.82. The fraction of sp³-hybridized carbons (Fsp3) is 0. The van der Waals surface area contributed by atoms with Crippen molar-refractivity contribution in [2.24, 2.45) is 0 Å². The Hall–Kier alpha value is -3.31. The van der Waals surface area contributed by atoms with E-state index in [1.807, 2.05) is 77.3 Å². The van der Waals surface area contributed by atoms with Gasteiger partial charge in [0.1, 0.15) is 17.0 Å². The molecule has 0 saturated heterocycles. The van der Waals surface area contributed by atoms with E-state index >= 15 is 0 Å². The molecule has 0 bridgehead atoms. The molecular formula is C21H14N2. The van der Waals surface area contributed by atoms with Gasteiger partial charge in [-0.3, -0.25) is 4.40 Å². The standard InChI is InChI=1S/C21H14N2/c1-3-9-17(10-4-1)14-15-19-21(18-11-5-2-6-12-18)22-20-13-7-8-16-23(19)20/h1-13,16H. The summed E-state index contributed by atoms with van der Waals surface area (Å²) in [5.74, 6) is 6.54. The van der Waals surface area contributed by atoms with Crippen molar-refractivity contribution in [1.82, 2.24) is 9.38 Å². The SMILES string of the molecule is C(#Cc1c(-c2ccccc2)nc2ccccn12)c1ccccc1. The van der Waals surface area contributed by atoms with E-state index in [1.54, 1.807) is 0 Å². The van der Waals surface area contributed by atoms with Crippen molar-refractivity contribution in [3.8, 4) is 23.1 Å². The smallest absolute Gasteiger partial charge is 0.138 e. The predicted octanol–water partition coefficient (Wildman–Crippen LogP) is 4.40. The maximum Gasteiger partial charge on any atom is 0.138 e. The molecule has 108 valence electrons. The molecule has 4 rings (SSSR count). The van der Waals surface area contributed by atoms with Crippen LogP contribution in [0.1, 0.15) is 11.3 Å². The van der Waals surface area contributed by atoms with Crippen molar-refractivity contribution in [3.05, 3.63) is 96.3 Å². The number of aromatic nitrogens is 2. The van der Waals surface area contributed by atoms with Crippen molar-refractivity contribution in [3.63, 3.8) is 0 Å². The van der Waals surface area contributed by atoms with E-state index in [1.165, 1.54) is 0 Å². The molecule has 0 amide bonds. The minimum atomic E-state index is 0.906. The lowest BCUT2D eigenvalue weighted by Crippen LogP contribution is -1.88. The molecule has 0 saturated carbocycles. The minimum Gasteiger partial charge on any atom is -0.292 e. The average molecular weight is 294 g/mol. The molecule has 0 radical (unpaired) electrons. The summed E-state index contributed by atoms with van der Waals surface area (Å²) in [6.45, 7) is 0. The summed E-state index contributed by atoms with van der Waals surface area (Å²) in [4.78, 5) is 4.76. The van der Waals surface area contributed by atoms with Crippen LogP contribution < -0.4 is 0 Å². The van der Waals surface area contributed by atoms with Crippen LogP contribution in [0.25, 0.3) is 16.9 Å². The zero-order chi connectivity index (χ0) is 15.5. The van der Waals surface area contributed by atoms with Gasteiger partial charge in [-0.25, -0.2) is 4.98 Å². The number of pyridine rings is 1. The lowest BCUT2D eigenvalue weighted by Gasteiger charge is -1.98. The first kappa shape index (κ1) is 13.4. The summed E-state index contributed by atoms with van der Waals surface area (Å²) in [7, 11) is 0. The van der Waals surface area contributed by atoms with Gasteiger partial charge in [0.25, 0.3) is 0 Å². The molecular weight excluding hydrogens is 280 g/mol. The van der Waals surface area contributed by atoms with Gasteiger partial charge >= 0.3 is 0 Å². The highest BCUT2D eigenvalue weighted by molar-refractivity contribution is 5.70. The van der Waals surface area contributed by atoms with Gasteiger partial charge in [-0.15, -0.1) is 0 Å². The molecule has 2 nitrogen and oxygen atoms in total. The number of rotatable bonds is 1. The lowest BCUT2D eigenvalue weighted by atomic mass is 10.1. The van der Waals surface area contributed by atoms with Crippen LogP contribution in [-0.4, -0.2) is 9.38 Å². The second-order valence-corrected chi connectivity index (χ2v) is 5.22. The van der Waals surface area contributed by atoms with Crippen LogP contribution in [0.2, 0.25) is 0 Å². The highest BCUT2D eigenvalue weighted by atomic mass is 15.0. The van der Waals surface area contributed by atoms with Crippen LogP contribution in [-0.2, 0) is 0 Å². The first-order valence-electron chi connectivity index (χ1n) is 7.51. The Kier molecular flexibility index (Phi) is 3.38. The van der Waals surface area contributed by atoms with Crippen LogP contribution in [0.15, 0.2) is 85.1 Å². The van der Waals surface area contributed by atoms with E-state index in [2.05, 4.69) is 24.0 Å². The number of imidazole rings is 1. The number of hydrogen-bond donors (Lipinski definition) is 0. The molecule has 0 aliphatic heterocycles. The van der Waals surface area contributed by atoms with Crippen LogP contribution >= 0.6 is 0 Å². The number of hydrogen-bond acceptors (Lipinski definition) is 1. The molecule has 0 aliphatic carbocycles. The summed E-state index contributed by atoms with van der Waals surface area (Å²) in [5.41, 5.74) is 4.81. The Bertz CT molecular complexity index is 1000. The average Bonchev–Trinajstić information content (AvgIpc) is 3.00. The third-order valence-electron chi connectivity index (χ3n) is 3.68. The van der Waals surface area contributed by atoms with Crippen molar-refractivity contribution in [1.29, 1.82) is 0 Å². The maximum atomic E-state index is 4.76. The molecule has 0 N–H and O–H groups in total. The molecule has 2 aromatic heterocycles.